The van der Waals surface area contributed by atoms with E-state index in [0.29, 0.717) is 44.8 Å². The molecule has 0 spiro atoms. The third-order valence-electron chi connectivity index (χ3n) is 11.4. The lowest BCUT2D eigenvalue weighted by atomic mass is 9.96. The van der Waals surface area contributed by atoms with Crippen LogP contribution in [0.1, 0.15) is 33.4 Å². The Morgan fingerprint density at radius 2 is 0.774 bits per heavy atom. The fourth-order valence-electron chi connectivity index (χ4n) is 8.75. The molecule has 0 aliphatic carbocycles. The topological polar surface area (TPSA) is 153 Å². The van der Waals surface area contributed by atoms with Crippen molar-refractivity contribution in [2.24, 2.45) is 0 Å². The lowest BCUT2D eigenvalue weighted by molar-refractivity contribution is 1.12. The van der Waals surface area contributed by atoms with Gasteiger partial charge in [0.15, 0.2) is 0 Å². The number of aromatic nitrogens is 2. The Bertz CT molecular complexity index is 3770. The monoisotopic (exact) mass is 786 g/mol. The maximum absolute atomic E-state index is 11.5. The summed E-state index contributed by atoms with van der Waals surface area (Å²) in [4.78, 5) is 0. The van der Waals surface area contributed by atoms with Crippen molar-refractivity contribution in [3.8, 4) is 81.2 Å². The van der Waals surface area contributed by atoms with Gasteiger partial charge in [-0.3, -0.25) is 0 Å². The summed E-state index contributed by atoms with van der Waals surface area (Å²) in [7, 11) is 0. The molecular weight excluding hydrogens is 761 g/mol. The van der Waals surface area contributed by atoms with Crippen LogP contribution >= 0.6 is 0 Å². The Balaban J connectivity index is 1.28. The van der Waals surface area contributed by atoms with E-state index in [1.165, 1.54) is 0 Å². The second-order valence-corrected chi connectivity index (χ2v) is 14.9. The molecule has 0 fully saturated rings. The van der Waals surface area contributed by atoms with Gasteiger partial charge in [0.1, 0.15) is 11.6 Å². The van der Waals surface area contributed by atoms with Gasteiger partial charge < -0.3 is 9.13 Å². The van der Waals surface area contributed by atoms with Crippen molar-refractivity contribution < 1.29 is 0 Å². The first kappa shape index (κ1) is 36.6. The standard InChI is InChI=1S/C54H26N8/c55-27-33-6-5-7-40(20-33)43-14-17-53(61-49-10-3-1-8-44(49)46-25-38(12-15-51(46)61)41-21-34(28-56)18-35(22-41)29-57)48(32-60)54(43)62-50-11-4-2-9-45(50)47-26-39(13-16-52(47)62)42-23-36(30-58)19-37(24-42)31-59/h1-26H. The Morgan fingerprint density at radius 1 is 0.306 bits per heavy atom. The number of rotatable bonds is 5. The van der Waals surface area contributed by atoms with Crippen LogP contribution in [0.25, 0.3) is 88.4 Å². The predicted molar refractivity (Wildman–Crippen MR) is 240 cm³/mol. The van der Waals surface area contributed by atoms with Gasteiger partial charge in [0.25, 0.3) is 0 Å². The van der Waals surface area contributed by atoms with Crippen LogP contribution in [0.5, 0.6) is 0 Å². The summed E-state index contributed by atoms with van der Waals surface area (Å²) in [5.74, 6) is 0. The van der Waals surface area contributed by atoms with Gasteiger partial charge in [0.05, 0.1) is 91.6 Å². The minimum atomic E-state index is 0.393. The van der Waals surface area contributed by atoms with E-state index >= 15 is 0 Å². The molecule has 0 unspecified atom stereocenters. The molecule has 0 saturated heterocycles. The van der Waals surface area contributed by atoms with Crippen molar-refractivity contribution in [3.05, 3.63) is 191 Å². The van der Waals surface area contributed by atoms with E-state index in [0.717, 1.165) is 77.0 Å². The van der Waals surface area contributed by atoms with Gasteiger partial charge in [-0.1, -0.05) is 66.7 Å². The lowest BCUT2D eigenvalue weighted by Gasteiger charge is -2.20. The average Bonchev–Trinajstić information content (AvgIpc) is 3.84. The van der Waals surface area contributed by atoms with Crippen LogP contribution in [0.4, 0.5) is 0 Å². The third-order valence-corrected chi connectivity index (χ3v) is 11.4. The molecule has 0 saturated carbocycles. The van der Waals surface area contributed by atoms with E-state index in [2.05, 4.69) is 63.7 Å². The zero-order valence-electron chi connectivity index (χ0n) is 32.6. The van der Waals surface area contributed by atoms with Crippen molar-refractivity contribution in [2.75, 3.05) is 0 Å². The van der Waals surface area contributed by atoms with Crippen LogP contribution in [-0.4, -0.2) is 9.13 Å². The van der Waals surface area contributed by atoms with Gasteiger partial charge in [-0.05, 0) is 119 Å². The largest absolute Gasteiger partial charge is 0.308 e. The van der Waals surface area contributed by atoms with Gasteiger partial charge in [0.2, 0.25) is 0 Å². The molecule has 2 aromatic heterocycles. The number of hydrogen-bond donors (Lipinski definition) is 0. The predicted octanol–water partition coefficient (Wildman–Crippen LogP) is 12.1. The van der Waals surface area contributed by atoms with Crippen LogP contribution in [0.3, 0.4) is 0 Å². The molecule has 0 aliphatic heterocycles. The maximum Gasteiger partial charge on any atom is 0.104 e. The number of nitrogens with zero attached hydrogens (tertiary/aromatic N) is 8. The zero-order chi connectivity index (χ0) is 42.5. The molecule has 10 rings (SSSR count). The van der Waals surface area contributed by atoms with E-state index in [1.54, 1.807) is 42.5 Å². The summed E-state index contributed by atoms with van der Waals surface area (Å²) in [6.07, 6.45) is 0. The van der Waals surface area contributed by atoms with Crippen LogP contribution in [0.2, 0.25) is 0 Å². The number of para-hydroxylation sites is 2. The first-order valence-electron chi connectivity index (χ1n) is 19.5. The molecule has 8 aromatic carbocycles. The molecule has 62 heavy (non-hydrogen) atoms. The van der Waals surface area contributed by atoms with E-state index in [4.69, 9.17) is 0 Å². The first-order chi connectivity index (χ1) is 30.4. The Hall–Kier alpha value is -9.70. The SMILES string of the molecule is N#Cc1cc(C#N)cc(-c2ccc3c(c2)c2ccccc2n3-c2ccc(-c3cccc(C#N)c3)c(-n3c4ccccc4c4cc(-c5cc(C#N)cc(C#N)c5)ccc43)c2C#N)c1. The normalized spacial score (nSPS) is 10.8. The molecule has 2 heterocycles. The molecule has 8 nitrogen and oxygen atoms in total. The van der Waals surface area contributed by atoms with Gasteiger partial charge >= 0.3 is 0 Å². The molecule has 0 amide bonds. The summed E-state index contributed by atoms with van der Waals surface area (Å²) in [6.45, 7) is 0. The van der Waals surface area contributed by atoms with Gasteiger partial charge in [0, 0.05) is 27.1 Å². The second-order valence-electron chi connectivity index (χ2n) is 14.9. The van der Waals surface area contributed by atoms with E-state index in [1.807, 2.05) is 97.1 Å². The summed E-state index contributed by atoms with van der Waals surface area (Å²) in [5.41, 5.74) is 11.9. The molecule has 10 aromatic rings. The highest BCUT2D eigenvalue weighted by Gasteiger charge is 2.25. The number of nitriles is 6. The summed E-state index contributed by atoms with van der Waals surface area (Å²) >= 11 is 0. The highest BCUT2D eigenvalue weighted by atomic mass is 15.0. The third kappa shape index (κ3) is 5.79. The van der Waals surface area contributed by atoms with Crippen LogP contribution in [0.15, 0.2) is 158 Å². The summed E-state index contributed by atoms with van der Waals surface area (Å²) in [6, 6.07) is 63.4. The fourth-order valence-corrected chi connectivity index (χ4v) is 8.75. The molecule has 0 bridgehead atoms. The number of benzene rings is 8. The van der Waals surface area contributed by atoms with E-state index in [9.17, 15) is 31.6 Å². The van der Waals surface area contributed by atoms with Gasteiger partial charge in [-0.25, -0.2) is 0 Å². The minimum Gasteiger partial charge on any atom is -0.308 e. The highest BCUT2D eigenvalue weighted by Crippen LogP contribution is 2.43. The molecule has 0 aliphatic rings. The van der Waals surface area contributed by atoms with Crippen molar-refractivity contribution in [2.45, 2.75) is 0 Å². The van der Waals surface area contributed by atoms with Gasteiger partial charge in [-0.2, -0.15) is 31.6 Å². The quantitative estimate of drug-likeness (QED) is 0.169. The molecule has 0 atom stereocenters. The Labute approximate surface area is 355 Å². The lowest BCUT2D eigenvalue weighted by Crippen LogP contribution is -2.06. The average molecular weight is 787 g/mol. The molecule has 0 N–H and O–H groups in total. The Morgan fingerprint density at radius 3 is 1.29 bits per heavy atom. The number of hydrogen-bond acceptors (Lipinski definition) is 6. The van der Waals surface area contributed by atoms with Crippen molar-refractivity contribution >= 4 is 43.6 Å². The number of fused-ring (bicyclic) bond motifs is 6. The minimum absolute atomic E-state index is 0.393. The Kier molecular flexibility index (Phi) is 8.62. The highest BCUT2D eigenvalue weighted by molar-refractivity contribution is 6.13. The maximum atomic E-state index is 11.5. The molecule has 282 valence electrons. The summed E-state index contributed by atoms with van der Waals surface area (Å²) < 4.78 is 4.23. The van der Waals surface area contributed by atoms with E-state index in [-0.39, 0.29) is 0 Å². The van der Waals surface area contributed by atoms with Crippen molar-refractivity contribution in [1.82, 2.24) is 9.13 Å². The van der Waals surface area contributed by atoms with E-state index < -0.39 is 0 Å². The fraction of sp³-hybridized carbons (Fsp3) is 0. The molecule has 0 radical (unpaired) electrons. The van der Waals surface area contributed by atoms with Crippen LogP contribution in [0, 0.1) is 68.0 Å². The molecule has 8 heteroatoms. The van der Waals surface area contributed by atoms with Crippen molar-refractivity contribution in [1.29, 1.82) is 31.6 Å². The smallest absolute Gasteiger partial charge is 0.104 e. The first-order valence-corrected chi connectivity index (χ1v) is 19.5. The zero-order valence-corrected chi connectivity index (χ0v) is 32.6. The van der Waals surface area contributed by atoms with Crippen molar-refractivity contribution in [3.63, 3.8) is 0 Å². The van der Waals surface area contributed by atoms with Gasteiger partial charge in [-0.15, -0.1) is 0 Å². The van der Waals surface area contributed by atoms with Crippen LogP contribution < -0.4 is 0 Å². The summed E-state index contributed by atoms with van der Waals surface area (Å²) in [5, 5.41) is 64.2. The van der Waals surface area contributed by atoms with Crippen LogP contribution in [-0.2, 0) is 0 Å². The molecular formula is C54H26N8. The second kappa shape index (κ2) is 14.6.